The number of unbranched alkanes of at least 4 members (excludes halogenated alkanes) is 1. The first-order valence-corrected chi connectivity index (χ1v) is 4.59. The van der Waals surface area contributed by atoms with Crippen molar-refractivity contribution in [2.45, 2.75) is 32.6 Å². The molecule has 0 saturated heterocycles. The molecule has 1 N–H and O–H groups in total. The Morgan fingerprint density at radius 1 is 1.33 bits per heavy atom. The third-order valence-electron chi connectivity index (χ3n) is 1.57. The van der Waals surface area contributed by atoms with Crippen molar-refractivity contribution in [2.75, 3.05) is 20.3 Å². The van der Waals surface area contributed by atoms with Gasteiger partial charge in [0.15, 0.2) is 0 Å². The highest BCUT2D eigenvalue weighted by Crippen LogP contribution is 1.95. The highest BCUT2D eigenvalue weighted by atomic mass is 16.5. The number of carbonyl (C=O) groups is 1. The standard InChI is InChI=1S/C9H19NO2/c1-3-7-12-8-5-4-6-9(11)10-2/h3-8H2,1-2H3,(H,10,11). The zero-order valence-corrected chi connectivity index (χ0v) is 8.06. The monoisotopic (exact) mass is 173 g/mol. The minimum atomic E-state index is 0.116. The number of nitrogens with one attached hydrogen (secondary N) is 1. The number of rotatable bonds is 7. The van der Waals surface area contributed by atoms with E-state index in [4.69, 9.17) is 4.74 Å². The molecule has 12 heavy (non-hydrogen) atoms. The van der Waals surface area contributed by atoms with Gasteiger partial charge in [-0.1, -0.05) is 6.92 Å². The third-order valence-corrected chi connectivity index (χ3v) is 1.57. The average molecular weight is 173 g/mol. The Balaban J connectivity index is 2.95. The molecule has 0 atom stereocenters. The fraction of sp³-hybridized carbons (Fsp3) is 0.889. The van der Waals surface area contributed by atoms with Gasteiger partial charge in [-0.3, -0.25) is 4.79 Å². The molecule has 0 unspecified atom stereocenters. The number of hydrogen-bond donors (Lipinski definition) is 1. The second kappa shape index (κ2) is 8.53. The van der Waals surface area contributed by atoms with Gasteiger partial charge in [-0.25, -0.2) is 0 Å². The van der Waals surface area contributed by atoms with Crippen molar-refractivity contribution in [2.24, 2.45) is 0 Å². The van der Waals surface area contributed by atoms with Crippen LogP contribution in [-0.2, 0) is 9.53 Å². The topological polar surface area (TPSA) is 38.3 Å². The second-order valence-electron chi connectivity index (χ2n) is 2.74. The van der Waals surface area contributed by atoms with Gasteiger partial charge >= 0.3 is 0 Å². The molecule has 0 aromatic rings. The van der Waals surface area contributed by atoms with E-state index in [1.807, 2.05) is 0 Å². The van der Waals surface area contributed by atoms with E-state index < -0.39 is 0 Å². The van der Waals surface area contributed by atoms with Crippen LogP contribution in [-0.4, -0.2) is 26.2 Å². The smallest absolute Gasteiger partial charge is 0.219 e. The fourth-order valence-electron chi connectivity index (χ4n) is 0.861. The molecule has 0 heterocycles. The summed E-state index contributed by atoms with van der Waals surface area (Å²) in [5, 5.41) is 2.59. The second-order valence-corrected chi connectivity index (χ2v) is 2.74. The minimum absolute atomic E-state index is 0.116. The summed E-state index contributed by atoms with van der Waals surface area (Å²) >= 11 is 0. The van der Waals surface area contributed by atoms with Crippen LogP contribution in [0.25, 0.3) is 0 Å². The van der Waals surface area contributed by atoms with E-state index >= 15 is 0 Å². The molecular weight excluding hydrogens is 154 g/mol. The van der Waals surface area contributed by atoms with Crippen molar-refractivity contribution in [1.82, 2.24) is 5.32 Å². The van der Waals surface area contributed by atoms with Gasteiger partial charge in [-0.05, 0) is 19.3 Å². The van der Waals surface area contributed by atoms with E-state index in [2.05, 4.69) is 12.2 Å². The summed E-state index contributed by atoms with van der Waals surface area (Å²) in [6.07, 6.45) is 3.58. The Morgan fingerprint density at radius 2 is 2.08 bits per heavy atom. The number of ether oxygens (including phenoxy) is 1. The summed E-state index contributed by atoms with van der Waals surface area (Å²) in [5.41, 5.74) is 0. The van der Waals surface area contributed by atoms with E-state index in [1.54, 1.807) is 7.05 Å². The van der Waals surface area contributed by atoms with Gasteiger partial charge in [0.25, 0.3) is 0 Å². The maximum atomic E-state index is 10.7. The van der Waals surface area contributed by atoms with E-state index in [1.165, 1.54) is 0 Å². The Kier molecular flexibility index (Phi) is 8.12. The van der Waals surface area contributed by atoms with Gasteiger partial charge < -0.3 is 10.1 Å². The maximum absolute atomic E-state index is 10.7. The first-order valence-electron chi connectivity index (χ1n) is 4.59. The first kappa shape index (κ1) is 11.4. The molecule has 1 amide bonds. The van der Waals surface area contributed by atoms with Crippen molar-refractivity contribution >= 4 is 5.91 Å². The minimum Gasteiger partial charge on any atom is -0.381 e. The van der Waals surface area contributed by atoms with Crippen molar-refractivity contribution in [1.29, 1.82) is 0 Å². The molecule has 0 fully saturated rings. The zero-order chi connectivity index (χ0) is 9.23. The molecule has 0 aliphatic carbocycles. The molecule has 0 bridgehead atoms. The lowest BCUT2D eigenvalue weighted by Crippen LogP contribution is -2.17. The van der Waals surface area contributed by atoms with Crippen LogP contribution in [0.15, 0.2) is 0 Å². The highest BCUT2D eigenvalue weighted by molar-refractivity contribution is 5.75. The van der Waals surface area contributed by atoms with Crippen molar-refractivity contribution < 1.29 is 9.53 Å². The Labute approximate surface area is 74.5 Å². The molecule has 0 aliphatic heterocycles. The zero-order valence-electron chi connectivity index (χ0n) is 8.06. The van der Waals surface area contributed by atoms with Crippen LogP contribution >= 0.6 is 0 Å². The van der Waals surface area contributed by atoms with Crippen molar-refractivity contribution in [3.63, 3.8) is 0 Å². The van der Waals surface area contributed by atoms with Gasteiger partial charge in [0, 0.05) is 26.7 Å². The van der Waals surface area contributed by atoms with E-state index in [0.717, 1.165) is 32.5 Å². The highest BCUT2D eigenvalue weighted by Gasteiger charge is 1.96. The van der Waals surface area contributed by atoms with E-state index in [9.17, 15) is 4.79 Å². The SMILES string of the molecule is CCCOCCCCC(=O)NC. The predicted octanol–water partition coefficient (Wildman–Crippen LogP) is 1.33. The Morgan fingerprint density at radius 3 is 2.67 bits per heavy atom. The lowest BCUT2D eigenvalue weighted by atomic mass is 10.2. The molecule has 0 radical (unpaired) electrons. The molecular formula is C9H19NO2. The lowest BCUT2D eigenvalue weighted by molar-refractivity contribution is -0.120. The van der Waals surface area contributed by atoms with Crippen LogP contribution in [0, 0.1) is 0 Å². The third kappa shape index (κ3) is 7.54. The quantitative estimate of drug-likeness (QED) is 0.590. The maximum Gasteiger partial charge on any atom is 0.219 e. The molecule has 0 spiro atoms. The molecule has 0 aromatic carbocycles. The average Bonchev–Trinajstić information content (AvgIpc) is 2.10. The summed E-state index contributed by atoms with van der Waals surface area (Å²) in [6.45, 7) is 3.70. The van der Waals surface area contributed by atoms with Gasteiger partial charge in [0.05, 0.1) is 0 Å². The van der Waals surface area contributed by atoms with Crippen LogP contribution in [0.3, 0.4) is 0 Å². The molecule has 3 nitrogen and oxygen atoms in total. The molecule has 0 rings (SSSR count). The van der Waals surface area contributed by atoms with Crippen LogP contribution in [0.1, 0.15) is 32.6 Å². The van der Waals surface area contributed by atoms with Crippen LogP contribution in [0.2, 0.25) is 0 Å². The summed E-state index contributed by atoms with van der Waals surface area (Å²) in [4.78, 5) is 10.7. The lowest BCUT2D eigenvalue weighted by Gasteiger charge is -2.01. The van der Waals surface area contributed by atoms with Crippen LogP contribution in [0.5, 0.6) is 0 Å². The molecule has 0 aromatic heterocycles. The number of carbonyl (C=O) groups excluding carboxylic acids is 1. The predicted molar refractivity (Wildman–Crippen MR) is 49.0 cm³/mol. The summed E-state index contributed by atoms with van der Waals surface area (Å²) < 4.78 is 5.27. The fourth-order valence-corrected chi connectivity index (χ4v) is 0.861. The normalized spacial score (nSPS) is 9.83. The Hall–Kier alpha value is -0.570. The Bertz CT molecular complexity index is 115. The van der Waals surface area contributed by atoms with E-state index in [0.29, 0.717) is 6.42 Å². The van der Waals surface area contributed by atoms with Gasteiger partial charge in [0.2, 0.25) is 5.91 Å². The number of amides is 1. The first-order chi connectivity index (χ1) is 5.81. The number of hydrogen-bond acceptors (Lipinski definition) is 2. The molecule has 3 heteroatoms. The largest absolute Gasteiger partial charge is 0.381 e. The summed E-state index contributed by atoms with van der Waals surface area (Å²) in [5.74, 6) is 0.116. The van der Waals surface area contributed by atoms with Gasteiger partial charge in [-0.2, -0.15) is 0 Å². The molecule has 72 valence electrons. The molecule has 0 aliphatic rings. The van der Waals surface area contributed by atoms with E-state index in [-0.39, 0.29) is 5.91 Å². The van der Waals surface area contributed by atoms with Crippen LogP contribution < -0.4 is 5.32 Å². The van der Waals surface area contributed by atoms with Crippen molar-refractivity contribution in [3.05, 3.63) is 0 Å². The summed E-state index contributed by atoms with van der Waals surface area (Å²) in [6, 6.07) is 0. The van der Waals surface area contributed by atoms with Gasteiger partial charge in [0.1, 0.15) is 0 Å². The summed E-state index contributed by atoms with van der Waals surface area (Å²) in [7, 11) is 1.66. The van der Waals surface area contributed by atoms with Gasteiger partial charge in [-0.15, -0.1) is 0 Å². The van der Waals surface area contributed by atoms with Crippen molar-refractivity contribution in [3.8, 4) is 0 Å². The molecule has 0 saturated carbocycles. The van der Waals surface area contributed by atoms with Crippen LogP contribution in [0.4, 0.5) is 0 Å².